The van der Waals surface area contributed by atoms with Crippen LogP contribution in [-0.2, 0) is 9.59 Å². The predicted octanol–water partition coefficient (Wildman–Crippen LogP) is 4.33. The molecule has 0 bridgehead atoms. The zero-order valence-corrected chi connectivity index (χ0v) is 17.3. The fraction of sp³-hybridized carbons (Fsp3) is 0.333. The normalized spacial score (nSPS) is 11.6. The van der Waals surface area contributed by atoms with Gasteiger partial charge in [-0.15, -0.1) is 0 Å². The SMILES string of the molecule is CCN(CC)C(=O)C(=C(C(=O)N(CC)CC)c1ccccc1)c1ccccc1. The minimum Gasteiger partial charge on any atom is -0.339 e. The number of rotatable bonds is 8. The smallest absolute Gasteiger partial charge is 0.255 e. The third kappa shape index (κ3) is 4.69. The summed E-state index contributed by atoms with van der Waals surface area (Å²) in [5, 5.41) is 0. The van der Waals surface area contributed by atoms with E-state index in [2.05, 4.69) is 0 Å². The Balaban J connectivity index is 2.83. The summed E-state index contributed by atoms with van der Waals surface area (Å²) in [6.07, 6.45) is 0. The number of amides is 2. The van der Waals surface area contributed by atoms with Crippen LogP contribution in [0.1, 0.15) is 38.8 Å². The van der Waals surface area contributed by atoms with Crippen LogP contribution < -0.4 is 0 Å². The largest absolute Gasteiger partial charge is 0.339 e. The minimum absolute atomic E-state index is 0.115. The van der Waals surface area contributed by atoms with Crippen LogP contribution in [0.5, 0.6) is 0 Å². The molecule has 148 valence electrons. The van der Waals surface area contributed by atoms with E-state index in [1.165, 1.54) is 0 Å². The number of hydrogen-bond donors (Lipinski definition) is 0. The van der Waals surface area contributed by atoms with Gasteiger partial charge in [0.05, 0.1) is 11.1 Å². The molecule has 2 amide bonds. The van der Waals surface area contributed by atoms with Gasteiger partial charge in [0.25, 0.3) is 11.8 Å². The van der Waals surface area contributed by atoms with E-state index in [0.717, 1.165) is 11.1 Å². The first-order chi connectivity index (χ1) is 13.6. The number of carbonyl (C=O) groups is 2. The molecule has 0 saturated carbocycles. The van der Waals surface area contributed by atoms with Crippen molar-refractivity contribution in [2.24, 2.45) is 0 Å². The molecule has 28 heavy (non-hydrogen) atoms. The average molecular weight is 379 g/mol. The molecule has 0 aliphatic carbocycles. The highest BCUT2D eigenvalue weighted by Crippen LogP contribution is 2.30. The summed E-state index contributed by atoms with van der Waals surface area (Å²) < 4.78 is 0. The van der Waals surface area contributed by atoms with E-state index in [-0.39, 0.29) is 11.8 Å². The Kier molecular flexibility index (Phi) is 8.00. The van der Waals surface area contributed by atoms with Crippen molar-refractivity contribution in [3.63, 3.8) is 0 Å². The van der Waals surface area contributed by atoms with Crippen LogP contribution in [0.15, 0.2) is 60.7 Å². The maximum absolute atomic E-state index is 13.5. The van der Waals surface area contributed by atoms with Gasteiger partial charge in [-0.3, -0.25) is 9.59 Å². The molecule has 0 saturated heterocycles. The lowest BCUT2D eigenvalue weighted by atomic mass is 9.92. The van der Waals surface area contributed by atoms with Gasteiger partial charge in [-0.1, -0.05) is 60.7 Å². The van der Waals surface area contributed by atoms with Crippen LogP contribution in [0.2, 0.25) is 0 Å². The van der Waals surface area contributed by atoms with Gasteiger partial charge in [0, 0.05) is 26.2 Å². The molecular formula is C24H30N2O2. The molecule has 0 atom stereocenters. The molecule has 4 heteroatoms. The van der Waals surface area contributed by atoms with Gasteiger partial charge in [0.1, 0.15) is 0 Å². The number of likely N-dealkylation sites (N-methyl/N-ethyl adjacent to an activating group) is 2. The molecule has 2 rings (SSSR count). The zero-order chi connectivity index (χ0) is 20.5. The van der Waals surface area contributed by atoms with Crippen molar-refractivity contribution in [2.75, 3.05) is 26.2 Å². The lowest BCUT2D eigenvalue weighted by Gasteiger charge is -2.26. The highest BCUT2D eigenvalue weighted by molar-refractivity contribution is 6.39. The van der Waals surface area contributed by atoms with Crippen LogP contribution in [0.3, 0.4) is 0 Å². The van der Waals surface area contributed by atoms with Crippen molar-refractivity contribution in [3.05, 3.63) is 71.8 Å². The van der Waals surface area contributed by atoms with E-state index in [4.69, 9.17) is 0 Å². The Bertz CT molecular complexity index is 736. The van der Waals surface area contributed by atoms with Gasteiger partial charge < -0.3 is 9.80 Å². The van der Waals surface area contributed by atoms with Crippen LogP contribution in [0.4, 0.5) is 0 Å². The van der Waals surface area contributed by atoms with Crippen molar-refractivity contribution in [3.8, 4) is 0 Å². The molecular weight excluding hydrogens is 348 g/mol. The molecule has 2 aromatic carbocycles. The Morgan fingerprint density at radius 3 is 1.11 bits per heavy atom. The molecule has 0 radical (unpaired) electrons. The fourth-order valence-electron chi connectivity index (χ4n) is 3.30. The van der Waals surface area contributed by atoms with Gasteiger partial charge in [-0.05, 0) is 38.8 Å². The second-order valence-electron chi connectivity index (χ2n) is 6.44. The molecule has 4 nitrogen and oxygen atoms in total. The molecule has 0 aliphatic rings. The van der Waals surface area contributed by atoms with Crippen molar-refractivity contribution in [2.45, 2.75) is 27.7 Å². The van der Waals surface area contributed by atoms with E-state index in [1.54, 1.807) is 9.80 Å². The van der Waals surface area contributed by atoms with Crippen molar-refractivity contribution in [1.82, 2.24) is 9.80 Å². The molecule has 0 N–H and O–H groups in total. The predicted molar refractivity (Wildman–Crippen MR) is 116 cm³/mol. The Morgan fingerprint density at radius 2 is 0.857 bits per heavy atom. The van der Waals surface area contributed by atoms with Crippen LogP contribution >= 0.6 is 0 Å². The molecule has 0 fully saturated rings. The number of carbonyl (C=O) groups excluding carboxylic acids is 2. The zero-order valence-electron chi connectivity index (χ0n) is 17.3. The van der Waals surface area contributed by atoms with E-state index in [9.17, 15) is 9.59 Å². The second-order valence-corrected chi connectivity index (χ2v) is 6.44. The quantitative estimate of drug-likeness (QED) is 0.507. The lowest BCUT2D eigenvalue weighted by Crippen LogP contribution is -2.35. The summed E-state index contributed by atoms with van der Waals surface area (Å²) in [6.45, 7) is 10.2. The van der Waals surface area contributed by atoms with Gasteiger partial charge in [0.15, 0.2) is 0 Å². The molecule has 0 unspecified atom stereocenters. The maximum atomic E-state index is 13.5. The summed E-state index contributed by atoms with van der Waals surface area (Å²) in [5.41, 5.74) is 2.46. The molecule has 0 aromatic heterocycles. The van der Waals surface area contributed by atoms with Crippen molar-refractivity contribution >= 4 is 23.0 Å². The number of benzene rings is 2. The van der Waals surface area contributed by atoms with Crippen LogP contribution in [0.25, 0.3) is 11.1 Å². The molecule has 0 aliphatic heterocycles. The monoisotopic (exact) mass is 378 g/mol. The lowest BCUT2D eigenvalue weighted by molar-refractivity contribution is -0.126. The summed E-state index contributed by atoms with van der Waals surface area (Å²) in [5.74, 6) is -0.230. The van der Waals surface area contributed by atoms with E-state index >= 15 is 0 Å². The van der Waals surface area contributed by atoms with Crippen molar-refractivity contribution < 1.29 is 9.59 Å². The summed E-state index contributed by atoms with van der Waals surface area (Å²) in [6, 6.07) is 19.0. The highest BCUT2D eigenvalue weighted by atomic mass is 16.2. The standard InChI is InChI=1S/C24H30N2O2/c1-5-25(6-2)23(27)21(19-15-11-9-12-16-19)22(20-17-13-10-14-18-20)24(28)26(7-3)8-4/h9-18H,5-8H2,1-4H3. The van der Waals surface area contributed by atoms with E-state index < -0.39 is 0 Å². The third-order valence-electron chi connectivity index (χ3n) is 4.90. The van der Waals surface area contributed by atoms with Crippen molar-refractivity contribution in [1.29, 1.82) is 0 Å². The van der Waals surface area contributed by atoms with Gasteiger partial charge in [-0.2, -0.15) is 0 Å². The first-order valence-corrected chi connectivity index (χ1v) is 10.0. The van der Waals surface area contributed by atoms with Crippen LogP contribution in [-0.4, -0.2) is 47.8 Å². The third-order valence-corrected chi connectivity index (χ3v) is 4.90. The maximum Gasteiger partial charge on any atom is 0.255 e. The van der Waals surface area contributed by atoms with Crippen LogP contribution in [0, 0.1) is 0 Å². The van der Waals surface area contributed by atoms with E-state index in [1.807, 2.05) is 88.4 Å². The summed E-state index contributed by atoms with van der Waals surface area (Å²) in [4.78, 5) is 30.6. The van der Waals surface area contributed by atoms with E-state index in [0.29, 0.717) is 37.3 Å². The fourth-order valence-corrected chi connectivity index (χ4v) is 3.30. The summed E-state index contributed by atoms with van der Waals surface area (Å²) in [7, 11) is 0. The number of hydrogen-bond acceptors (Lipinski definition) is 2. The molecule has 2 aromatic rings. The molecule has 0 spiro atoms. The van der Waals surface area contributed by atoms with Gasteiger partial charge >= 0.3 is 0 Å². The Hall–Kier alpha value is -2.88. The Labute approximate surface area is 168 Å². The highest BCUT2D eigenvalue weighted by Gasteiger charge is 2.28. The number of nitrogens with zero attached hydrogens (tertiary/aromatic N) is 2. The first kappa shape index (κ1) is 21.4. The topological polar surface area (TPSA) is 40.6 Å². The average Bonchev–Trinajstić information content (AvgIpc) is 2.74. The Morgan fingerprint density at radius 1 is 0.571 bits per heavy atom. The minimum atomic E-state index is -0.115. The summed E-state index contributed by atoms with van der Waals surface area (Å²) >= 11 is 0. The molecule has 0 heterocycles. The van der Waals surface area contributed by atoms with Gasteiger partial charge in [0.2, 0.25) is 0 Å². The second kappa shape index (κ2) is 10.5. The van der Waals surface area contributed by atoms with Gasteiger partial charge in [-0.25, -0.2) is 0 Å². The first-order valence-electron chi connectivity index (χ1n) is 10.0.